The fourth-order valence-electron chi connectivity index (χ4n) is 4.72. The summed E-state index contributed by atoms with van der Waals surface area (Å²) in [4.78, 5) is 19.8. The van der Waals surface area contributed by atoms with E-state index < -0.39 is 0 Å². The summed E-state index contributed by atoms with van der Waals surface area (Å²) in [5.74, 6) is 0.836. The molecule has 136 valence electrons. The Morgan fingerprint density at radius 1 is 1.28 bits per heavy atom. The molecule has 1 aliphatic carbocycles. The van der Waals surface area contributed by atoms with E-state index in [-0.39, 0.29) is 17.9 Å². The van der Waals surface area contributed by atoms with E-state index in [1.54, 1.807) is 13.3 Å². The number of fused-ring (bicyclic) bond motifs is 2. The molecular weight excluding hydrogens is 316 g/mol. The van der Waals surface area contributed by atoms with Crippen molar-refractivity contribution in [1.29, 1.82) is 0 Å². The number of oxime groups is 1. The first kappa shape index (κ1) is 17.8. The van der Waals surface area contributed by atoms with Gasteiger partial charge < -0.3 is 14.5 Å². The van der Waals surface area contributed by atoms with Gasteiger partial charge in [0.25, 0.3) is 5.91 Å². The number of carbonyl (C=O) groups is 1. The molecule has 1 aliphatic heterocycles. The average molecular weight is 344 g/mol. The zero-order valence-corrected chi connectivity index (χ0v) is 15.6. The van der Waals surface area contributed by atoms with E-state index in [1.165, 1.54) is 6.42 Å². The van der Waals surface area contributed by atoms with Crippen LogP contribution < -0.4 is 4.74 Å². The van der Waals surface area contributed by atoms with Gasteiger partial charge in [-0.2, -0.15) is 0 Å². The zero-order valence-electron chi connectivity index (χ0n) is 15.6. The molecule has 2 fully saturated rings. The summed E-state index contributed by atoms with van der Waals surface area (Å²) in [5.41, 5.74) is 1.45. The Kier molecular flexibility index (Phi) is 4.76. The monoisotopic (exact) mass is 344 g/mol. The van der Waals surface area contributed by atoms with Crippen LogP contribution in [0.1, 0.15) is 45.6 Å². The molecule has 1 saturated heterocycles. The molecule has 0 N–H and O–H groups in total. The fourth-order valence-corrected chi connectivity index (χ4v) is 4.72. The second-order valence-corrected chi connectivity index (χ2v) is 8.52. The third-order valence-electron chi connectivity index (χ3n) is 5.32. The van der Waals surface area contributed by atoms with E-state index in [9.17, 15) is 4.79 Å². The number of amides is 1. The number of carbonyl (C=O) groups excluding carboxylic acids is 1. The maximum Gasteiger partial charge on any atom is 0.263 e. The van der Waals surface area contributed by atoms with E-state index in [0.717, 1.165) is 30.7 Å². The van der Waals surface area contributed by atoms with Crippen LogP contribution in [0.4, 0.5) is 0 Å². The lowest BCUT2D eigenvalue weighted by Crippen LogP contribution is -2.39. The molecule has 1 heterocycles. The average Bonchev–Trinajstić information content (AvgIpc) is 2.81. The van der Waals surface area contributed by atoms with Crippen LogP contribution in [0.15, 0.2) is 29.4 Å². The molecule has 2 unspecified atom stereocenters. The van der Waals surface area contributed by atoms with E-state index in [4.69, 9.17) is 9.57 Å². The largest absolute Gasteiger partial charge is 0.497 e. The molecule has 1 amide bonds. The Balaban J connectivity index is 1.52. The summed E-state index contributed by atoms with van der Waals surface area (Å²) >= 11 is 0. The van der Waals surface area contributed by atoms with Gasteiger partial charge in [-0.1, -0.05) is 25.9 Å². The first-order valence-electron chi connectivity index (χ1n) is 8.89. The molecule has 5 heteroatoms. The summed E-state index contributed by atoms with van der Waals surface area (Å²) < 4.78 is 5.11. The molecule has 25 heavy (non-hydrogen) atoms. The number of ether oxygens (including phenoxy) is 1. The Morgan fingerprint density at radius 3 is 2.68 bits per heavy atom. The van der Waals surface area contributed by atoms with Crippen LogP contribution in [0.2, 0.25) is 0 Å². The van der Waals surface area contributed by atoms with E-state index in [1.807, 2.05) is 29.2 Å². The molecule has 5 nitrogen and oxygen atoms in total. The smallest absolute Gasteiger partial charge is 0.263 e. The van der Waals surface area contributed by atoms with Crippen molar-refractivity contribution in [3.8, 4) is 5.75 Å². The van der Waals surface area contributed by atoms with Crippen LogP contribution in [0.25, 0.3) is 0 Å². The normalized spacial score (nSPS) is 27.5. The van der Waals surface area contributed by atoms with Crippen LogP contribution in [0.5, 0.6) is 5.75 Å². The van der Waals surface area contributed by atoms with E-state index in [2.05, 4.69) is 25.9 Å². The standard InChI is InChI=1S/C20H28N2O3/c1-19(2)9-16-10-20(3,13-19)14-22(16)18(23)12-25-21-11-15-5-7-17(24-4)8-6-15/h5-8,11,16H,9-10,12-14H2,1-4H3/b21-11-. The van der Waals surface area contributed by atoms with Crippen molar-refractivity contribution in [2.75, 3.05) is 20.3 Å². The van der Waals surface area contributed by atoms with Crippen LogP contribution in [-0.4, -0.2) is 43.3 Å². The maximum atomic E-state index is 12.5. The van der Waals surface area contributed by atoms with E-state index >= 15 is 0 Å². The zero-order chi connectivity index (χ0) is 18.1. The molecule has 1 aromatic carbocycles. The lowest BCUT2D eigenvalue weighted by atomic mass is 9.65. The van der Waals surface area contributed by atoms with Gasteiger partial charge in [-0.25, -0.2) is 0 Å². The SMILES string of the molecule is COc1ccc(/C=N\OCC(=O)N2CC3(C)CC2CC(C)(C)C3)cc1. The minimum Gasteiger partial charge on any atom is -0.497 e. The highest BCUT2D eigenvalue weighted by Crippen LogP contribution is 2.52. The highest BCUT2D eigenvalue weighted by molar-refractivity contribution is 5.80. The predicted molar refractivity (Wildman–Crippen MR) is 97.8 cm³/mol. The maximum absolute atomic E-state index is 12.5. The van der Waals surface area contributed by atoms with Gasteiger partial charge in [-0.15, -0.1) is 0 Å². The van der Waals surface area contributed by atoms with Gasteiger partial charge in [0.15, 0.2) is 6.61 Å². The second-order valence-electron chi connectivity index (χ2n) is 8.52. The van der Waals surface area contributed by atoms with Gasteiger partial charge in [-0.3, -0.25) is 4.79 Å². The van der Waals surface area contributed by atoms with Gasteiger partial charge in [0.2, 0.25) is 0 Å². The van der Waals surface area contributed by atoms with Gasteiger partial charge in [0, 0.05) is 12.6 Å². The highest BCUT2D eigenvalue weighted by atomic mass is 16.6. The summed E-state index contributed by atoms with van der Waals surface area (Å²) in [5, 5.41) is 3.93. The van der Waals surface area contributed by atoms with Crippen molar-refractivity contribution >= 4 is 12.1 Å². The summed E-state index contributed by atoms with van der Waals surface area (Å²) in [6.07, 6.45) is 4.97. The van der Waals surface area contributed by atoms with Gasteiger partial charge in [-0.05, 0) is 59.9 Å². The van der Waals surface area contributed by atoms with Crippen LogP contribution in [0, 0.1) is 10.8 Å². The highest BCUT2D eigenvalue weighted by Gasteiger charge is 2.50. The Bertz CT molecular complexity index is 653. The molecule has 0 aromatic heterocycles. The second kappa shape index (κ2) is 6.70. The van der Waals surface area contributed by atoms with Crippen molar-refractivity contribution in [2.45, 2.75) is 46.1 Å². The third kappa shape index (κ3) is 4.14. The minimum atomic E-state index is -0.000334. The lowest BCUT2D eigenvalue weighted by Gasteiger charge is -2.39. The number of hydrogen-bond acceptors (Lipinski definition) is 4. The molecule has 1 aromatic rings. The summed E-state index contributed by atoms with van der Waals surface area (Å²) in [6.45, 7) is 7.75. The summed E-state index contributed by atoms with van der Waals surface area (Å²) in [7, 11) is 1.63. The Morgan fingerprint density at radius 2 is 2.00 bits per heavy atom. The minimum absolute atomic E-state index is 0.000334. The lowest BCUT2D eigenvalue weighted by molar-refractivity contribution is -0.137. The molecule has 2 atom stereocenters. The summed E-state index contributed by atoms with van der Waals surface area (Å²) in [6, 6.07) is 7.84. The number of likely N-dealkylation sites (tertiary alicyclic amines) is 1. The number of hydrogen-bond donors (Lipinski definition) is 0. The van der Waals surface area contributed by atoms with Crippen LogP contribution in [-0.2, 0) is 9.63 Å². The molecule has 0 spiro atoms. The molecule has 2 aliphatic rings. The van der Waals surface area contributed by atoms with Gasteiger partial charge in [0.1, 0.15) is 5.75 Å². The number of methoxy groups -OCH3 is 1. The van der Waals surface area contributed by atoms with Crippen molar-refractivity contribution < 1.29 is 14.4 Å². The van der Waals surface area contributed by atoms with Crippen molar-refractivity contribution in [1.82, 2.24) is 4.90 Å². The quantitative estimate of drug-likeness (QED) is 0.607. The Hall–Kier alpha value is -2.04. The van der Waals surface area contributed by atoms with Crippen molar-refractivity contribution in [3.63, 3.8) is 0 Å². The van der Waals surface area contributed by atoms with Crippen molar-refractivity contribution in [2.24, 2.45) is 16.0 Å². The van der Waals surface area contributed by atoms with Gasteiger partial charge >= 0.3 is 0 Å². The van der Waals surface area contributed by atoms with Crippen molar-refractivity contribution in [3.05, 3.63) is 29.8 Å². The Labute approximate surface area is 150 Å². The topological polar surface area (TPSA) is 51.1 Å². The van der Waals surface area contributed by atoms with Crippen LogP contribution in [0.3, 0.4) is 0 Å². The molecular formula is C20H28N2O3. The molecule has 0 radical (unpaired) electrons. The fraction of sp³-hybridized carbons (Fsp3) is 0.600. The molecule has 1 saturated carbocycles. The molecule has 3 rings (SSSR count). The molecule has 2 bridgehead atoms. The van der Waals surface area contributed by atoms with Gasteiger partial charge in [0.05, 0.1) is 13.3 Å². The first-order chi connectivity index (χ1) is 11.8. The predicted octanol–water partition coefficient (Wildman–Crippen LogP) is 3.47. The number of benzene rings is 1. The third-order valence-corrected chi connectivity index (χ3v) is 5.32. The van der Waals surface area contributed by atoms with Crippen LogP contribution >= 0.6 is 0 Å². The first-order valence-corrected chi connectivity index (χ1v) is 8.89. The number of rotatable bonds is 5. The van der Waals surface area contributed by atoms with E-state index in [0.29, 0.717) is 11.5 Å². The number of nitrogens with zero attached hydrogens (tertiary/aromatic N) is 2.